The van der Waals surface area contributed by atoms with Crippen molar-refractivity contribution < 1.29 is 9.90 Å². The molecule has 1 aliphatic rings. The molecule has 162 valence electrons. The first-order valence-corrected chi connectivity index (χ1v) is 11.7. The topological polar surface area (TPSA) is 78.4 Å². The molecule has 3 aromatic rings. The molecule has 0 atom stereocenters. The zero-order valence-electron chi connectivity index (χ0n) is 17.8. The molecule has 1 amide bonds. The van der Waals surface area contributed by atoms with Crippen LogP contribution in [0.4, 0.5) is 5.82 Å². The molecule has 1 aliphatic heterocycles. The number of aliphatic hydroxyl groups is 1. The maximum Gasteiger partial charge on any atom is 0.230 e. The fourth-order valence-electron chi connectivity index (χ4n) is 3.76. The maximum atomic E-state index is 12.5. The van der Waals surface area contributed by atoms with Gasteiger partial charge < -0.3 is 15.3 Å². The number of para-hydroxylation sites is 2. The van der Waals surface area contributed by atoms with Gasteiger partial charge in [0.25, 0.3) is 0 Å². The van der Waals surface area contributed by atoms with Crippen LogP contribution in [-0.2, 0) is 17.9 Å². The predicted molar refractivity (Wildman–Crippen MR) is 125 cm³/mol. The first-order valence-electron chi connectivity index (χ1n) is 10.7. The Kier molecular flexibility index (Phi) is 7.04. The lowest BCUT2D eigenvalue weighted by molar-refractivity contribution is -0.118. The normalized spacial score (nSPS) is 14.7. The lowest BCUT2D eigenvalue weighted by atomic mass is 9.99. The highest BCUT2D eigenvalue weighted by Gasteiger charge is 2.22. The van der Waals surface area contributed by atoms with Crippen LogP contribution in [0.25, 0.3) is 11.0 Å². The number of hydrogen-bond acceptors (Lipinski definition) is 6. The number of hydrogen-bond donors (Lipinski definition) is 2. The van der Waals surface area contributed by atoms with Gasteiger partial charge in [-0.3, -0.25) is 4.79 Å². The van der Waals surface area contributed by atoms with E-state index in [0.29, 0.717) is 6.54 Å². The van der Waals surface area contributed by atoms with E-state index in [1.165, 1.54) is 11.8 Å². The zero-order chi connectivity index (χ0) is 21.6. The molecular weight excluding hydrogens is 408 g/mol. The monoisotopic (exact) mass is 436 g/mol. The summed E-state index contributed by atoms with van der Waals surface area (Å²) in [5.74, 6) is 1.82. The number of anilines is 1. The molecule has 6 nitrogen and oxygen atoms in total. The second-order valence-electron chi connectivity index (χ2n) is 8.00. The summed E-state index contributed by atoms with van der Waals surface area (Å²) in [6.07, 6.45) is 2.28. The second kappa shape index (κ2) is 10.1. The van der Waals surface area contributed by atoms with Crippen LogP contribution in [0.2, 0.25) is 0 Å². The van der Waals surface area contributed by atoms with E-state index < -0.39 is 0 Å². The third kappa shape index (κ3) is 5.35. The van der Waals surface area contributed by atoms with E-state index in [1.807, 2.05) is 48.5 Å². The van der Waals surface area contributed by atoms with Crippen LogP contribution in [-0.4, -0.2) is 39.8 Å². The van der Waals surface area contributed by atoms with Gasteiger partial charge in [0, 0.05) is 19.6 Å². The van der Waals surface area contributed by atoms with E-state index in [1.54, 1.807) is 0 Å². The van der Waals surface area contributed by atoms with Gasteiger partial charge in [0.1, 0.15) is 5.03 Å². The van der Waals surface area contributed by atoms with Gasteiger partial charge in [0.15, 0.2) is 5.82 Å². The van der Waals surface area contributed by atoms with Crippen molar-refractivity contribution in [3.05, 3.63) is 59.7 Å². The Labute approximate surface area is 187 Å². The highest BCUT2D eigenvalue weighted by molar-refractivity contribution is 8.00. The Morgan fingerprint density at radius 2 is 1.71 bits per heavy atom. The summed E-state index contributed by atoms with van der Waals surface area (Å²) in [6, 6.07) is 15.5. The molecule has 0 aliphatic carbocycles. The number of carbonyl (C=O) groups excluding carboxylic acids is 1. The minimum atomic E-state index is -0.0640. The third-order valence-electron chi connectivity index (χ3n) is 5.71. The van der Waals surface area contributed by atoms with Gasteiger partial charge in [-0.2, -0.15) is 0 Å². The lowest BCUT2D eigenvalue weighted by Gasteiger charge is -2.32. The molecule has 1 saturated heterocycles. The smallest absolute Gasteiger partial charge is 0.230 e. The minimum absolute atomic E-state index is 0.0364. The Morgan fingerprint density at radius 3 is 2.42 bits per heavy atom. The quantitative estimate of drug-likeness (QED) is 0.549. The van der Waals surface area contributed by atoms with Gasteiger partial charge in [-0.1, -0.05) is 55.1 Å². The van der Waals surface area contributed by atoms with E-state index in [0.717, 1.165) is 64.9 Å². The molecule has 31 heavy (non-hydrogen) atoms. The molecule has 0 radical (unpaired) electrons. The van der Waals surface area contributed by atoms with Crippen molar-refractivity contribution >= 4 is 34.5 Å². The van der Waals surface area contributed by atoms with Crippen LogP contribution < -0.4 is 10.2 Å². The number of amides is 1. The summed E-state index contributed by atoms with van der Waals surface area (Å²) in [5.41, 5.74) is 3.48. The number of rotatable bonds is 7. The van der Waals surface area contributed by atoms with Crippen LogP contribution in [0.3, 0.4) is 0 Å². The first kappa shape index (κ1) is 21.6. The summed E-state index contributed by atoms with van der Waals surface area (Å²) in [5, 5.41) is 13.2. The van der Waals surface area contributed by atoms with E-state index in [2.05, 4.69) is 17.1 Å². The summed E-state index contributed by atoms with van der Waals surface area (Å²) < 4.78 is 0. The van der Waals surface area contributed by atoms with E-state index >= 15 is 0 Å². The highest BCUT2D eigenvalue weighted by atomic mass is 32.2. The summed E-state index contributed by atoms with van der Waals surface area (Å²) in [4.78, 5) is 24.6. The second-order valence-corrected chi connectivity index (χ2v) is 8.97. The van der Waals surface area contributed by atoms with Gasteiger partial charge in [0.2, 0.25) is 5.91 Å². The van der Waals surface area contributed by atoms with E-state index in [9.17, 15) is 9.90 Å². The van der Waals surface area contributed by atoms with Crippen molar-refractivity contribution in [2.75, 3.05) is 23.7 Å². The fraction of sp³-hybridized carbons (Fsp3) is 0.375. The van der Waals surface area contributed by atoms with Crippen molar-refractivity contribution in [2.45, 2.75) is 37.9 Å². The molecular formula is C24H28N4O2S. The Balaban J connectivity index is 1.46. The van der Waals surface area contributed by atoms with Crippen LogP contribution >= 0.6 is 11.8 Å². The van der Waals surface area contributed by atoms with Gasteiger partial charge in [-0.05, 0) is 42.0 Å². The fourth-order valence-corrected chi connectivity index (χ4v) is 4.60. The Morgan fingerprint density at radius 1 is 1.06 bits per heavy atom. The van der Waals surface area contributed by atoms with Crippen LogP contribution in [0, 0.1) is 5.92 Å². The summed E-state index contributed by atoms with van der Waals surface area (Å²) in [6.45, 7) is 4.58. The van der Waals surface area contributed by atoms with E-state index in [-0.39, 0.29) is 18.3 Å². The Bertz CT molecular complexity index is 1050. The number of benzene rings is 2. The SMILES string of the molecule is CC1CCN(c2nc3ccccc3nc2SCC(=O)NCc2ccccc2CO)CC1. The number of nitrogens with one attached hydrogen (secondary N) is 1. The van der Waals surface area contributed by atoms with Crippen molar-refractivity contribution in [1.82, 2.24) is 15.3 Å². The molecule has 1 fully saturated rings. The van der Waals surface area contributed by atoms with Gasteiger partial charge in [-0.25, -0.2) is 9.97 Å². The molecule has 0 saturated carbocycles. The van der Waals surface area contributed by atoms with Crippen molar-refractivity contribution in [2.24, 2.45) is 5.92 Å². The summed E-state index contributed by atoms with van der Waals surface area (Å²) >= 11 is 1.43. The van der Waals surface area contributed by atoms with Crippen molar-refractivity contribution in [3.63, 3.8) is 0 Å². The average Bonchev–Trinajstić information content (AvgIpc) is 2.81. The number of fused-ring (bicyclic) bond motifs is 1. The van der Waals surface area contributed by atoms with Gasteiger partial charge >= 0.3 is 0 Å². The maximum absolute atomic E-state index is 12.5. The lowest BCUT2D eigenvalue weighted by Crippen LogP contribution is -2.34. The van der Waals surface area contributed by atoms with Crippen molar-refractivity contribution in [1.29, 1.82) is 0 Å². The molecule has 2 aromatic carbocycles. The third-order valence-corrected chi connectivity index (χ3v) is 6.66. The number of aromatic nitrogens is 2. The zero-order valence-corrected chi connectivity index (χ0v) is 18.6. The number of carbonyl (C=O) groups is 1. The molecule has 7 heteroatoms. The average molecular weight is 437 g/mol. The molecule has 1 aromatic heterocycles. The van der Waals surface area contributed by atoms with Crippen LogP contribution in [0.15, 0.2) is 53.6 Å². The number of nitrogens with zero attached hydrogens (tertiary/aromatic N) is 3. The molecule has 0 bridgehead atoms. The van der Waals surface area contributed by atoms with Crippen molar-refractivity contribution in [3.8, 4) is 0 Å². The molecule has 2 heterocycles. The van der Waals surface area contributed by atoms with E-state index in [4.69, 9.17) is 9.97 Å². The van der Waals surface area contributed by atoms with Gasteiger partial charge in [-0.15, -0.1) is 0 Å². The highest BCUT2D eigenvalue weighted by Crippen LogP contribution is 2.31. The molecule has 2 N–H and O–H groups in total. The number of thioether (sulfide) groups is 1. The molecule has 0 spiro atoms. The van der Waals surface area contributed by atoms with Crippen LogP contribution in [0.1, 0.15) is 30.9 Å². The molecule has 4 rings (SSSR count). The first-order chi connectivity index (χ1) is 15.1. The predicted octanol–water partition coefficient (Wildman–Crippen LogP) is 3.77. The number of piperidine rings is 1. The summed E-state index contributed by atoms with van der Waals surface area (Å²) in [7, 11) is 0. The number of aliphatic hydroxyl groups excluding tert-OH is 1. The Hall–Kier alpha value is -2.64. The molecule has 0 unspecified atom stereocenters. The van der Waals surface area contributed by atoms with Crippen LogP contribution in [0.5, 0.6) is 0 Å². The standard InChI is InChI=1S/C24H28N4O2S/c1-17-10-12-28(13-11-17)23-24(27-21-9-5-4-8-20(21)26-23)31-16-22(30)25-14-18-6-2-3-7-19(18)15-29/h2-9,17,29H,10-16H2,1H3,(H,25,30). The largest absolute Gasteiger partial charge is 0.392 e. The van der Waals surface area contributed by atoms with Gasteiger partial charge in [0.05, 0.1) is 23.4 Å². The minimum Gasteiger partial charge on any atom is -0.392 e.